The van der Waals surface area contributed by atoms with Crippen molar-refractivity contribution >= 4 is 22.0 Å². The van der Waals surface area contributed by atoms with Crippen molar-refractivity contribution in [3.8, 4) is 11.5 Å². The van der Waals surface area contributed by atoms with Crippen LogP contribution in [0.3, 0.4) is 0 Å². The van der Waals surface area contributed by atoms with Crippen molar-refractivity contribution in [3.05, 3.63) is 29.8 Å². The van der Waals surface area contributed by atoms with Gasteiger partial charge in [-0.1, -0.05) is 6.07 Å². The van der Waals surface area contributed by atoms with Crippen LogP contribution in [0.5, 0.6) is 11.5 Å². The highest BCUT2D eigenvalue weighted by Gasteiger charge is 2.07. The van der Waals surface area contributed by atoms with Crippen molar-refractivity contribution in [3.63, 3.8) is 0 Å². The third-order valence-electron chi connectivity index (χ3n) is 2.26. The monoisotopic (exact) mass is 313 g/mol. The van der Waals surface area contributed by atoms with Crippen LogP contribution >= 0.6 is 0 Å². The van der Waals surface area contributed by atoms with E-state index < -0.39 is 15.9 Å². The maximum atomic E-state index is 11.4. The summed E-state index contributed by atoms with van der Waals surface area (Å²) in [4.78, 5) is 11.4. The lowest BCUT2D eigenvalue weighted by atomic mass is 10.2. The van der Waals surface area contributed by atoms with E-state index in [2.05, 4.69) is 0 Å². The van der Waals surface area contributed by atoms with E-state index in [1.807, 2.05) is 18.6 Å². The van der Waals surface area contributed by atoms with E-state index in [-0.39, 0.29) is 6.10 Å². The zero-order chi connectivity index (χ0) is 16.0. The second-order valence-corrected chi connectivity index (χ2v) is 6.40. The number of hydrogen-bond donors (Lipinski definition) is 1. The molecule has 0 spiro atoms. The summed E-state index contributed by atoms with van der Waals surface area (Å²) in [6, 6.07) is 5.17. The second-order valence-electron chi connectivity index (χ2n) is 4.65. The molecule has 1 amide bonds. The first-order valence-electron chi connectivity index (χ1n) is 6.26. The number of carbonyl (C=O) groups is 1. The Balaban J connectivity index is 2.88. The van der Waals surface area contributed by atoms with Crippen LogP contribution in [-0.4, -0.2) is 33.8 Å². The zero-order valence-electron chi connectivity index (χ0n) is 12.4. The van der Waals surface area contributed by atoms with Gasteiger partial charge in [0.05, 0.1) is 19.5 Å². The molecule has 1 N–H and O–H groups in total. The van der Waals surface area contributed by atoms with Gasteiger partial charge in [0.1, 0.15) is 0 Å². The van der Waals surface area contributed by atoms with Gasteiger partial charge in [0, 0.05) is 6.08 Å². The predicted molar refractivity (Wildman–Crippen MR) is 80.8 cm³/mol. The molecule has 21 heavy (non-hydrogen) atoms. The van der Waals surface area contributed by atoms with Crippen molar-refractivity contribution in [2.24, 2.45) is 0 Å². The van der Waals surface area contributed by atoms with E-state index in [0.29, 0.717) is 17.1 Å². The molecule has 0 aliphatic carbocycles. The number of ether oxygens (including phenoxy) is 2. The van der Waals surface area contributed by atoms with E-state index in [4.69, 9.17) is 9.47 Å². The molecule has 0 heterocycles. The quantitative estimate of drug-likeness (QED) is 0.806. The zero-order valence-corrected chi connectivity index (χ0v) is 13.2. The number of benzene rings is 1. The molecular formula is C14H19NO5S. The summed E-state index contributed by atoms with van der Waals surface area (Å²) in [6.45, 7) is 3.81. The highest BCUT2D eigenvalue weighted by molar-refractivity contribution is 7.89. The number of nitrogens with one attached hydrogen (secondary N) is 1. The molecule has 0 saturated heterocycles. The molecule has 0 radical (unpaired) electrons. The summed E-state index contributed by atoms with van der Waals surface area (Å²) >= 11 is 0. The third kappa shape index (κ3) is 6.31. The van der Waals surface area contributed by atoms with Gasteiger partial charge in [0.25, 0.3) is 5.91 Å². The minimum absolute atomic E-state index is 0.0147. The largest absolute Gasteiger partial charge is 0.493 e. The van der Waals surface area contributed by atoms with Gasteiger partial charge >= 0.3 is 0 Å². The number of carbonyl (C=O) groups excluding carboxylic acids is 1. The molecule has 0 unspecified atom stereocenters. The van der Waals surface area contributed by atoms with Gasteiger partial charge in [-0.05, 0) is 37.6 Å². The summed E-state index contributed by atoms with van der Waals surface area (Å²) in [5.41, 5.74) is 0.687. The smallest absolute Gasteiger partial charge is 0.257 e. The molecule has 116 valence electrons. The molecule has 6 nitrogen and oxygen atoms in total. The number of rotatable bonds is 6. The van der Waals surface area contributed by atoms with Crippen LogP contribution in [0.1, 0.15) is 19.4 Å². The van der Waals surface area contributed by atoms with Crippen molar-refractivity contribution in [1.29, 1.82) is 0 Å². The molecule has 7 heteroatoms. The number of amides is 1. The molecule has 1 aromatic carbocycles. The fourth-order valence-corrected chi connectivity index (χ4v) is 1.96. The highest BCUT2D eigenvalue weighted by Crippen LogP contribution is 2.29. The van der Waals surface area contributed by atoms with E-state index in [1.165, 1.54) is 13.2 Å². The van der Waals surface area contributed by atoms with Gasteiger partial charge in [-0.15, -0.1) is 0 Å². The Bertz CT molecular complexity index is 635. The number of sulfonamides is 1. The molecule has 0 atom stereocenters. The first kappa shape index (κ1) is 17.0. The molecule has 0 aromatic heterocycles. The Morgan fingerprint density at radius 3 is 2.48 bits per heavy atom. The summed E-state index contributed by atoms with van der Waals surface area (Å²) < 4.78 is 34.4. The molecule has 0 bridgehead atoms. The first-order chi connectivity index (χ1) is 9.71. The SMILES string of the molecule is COc1cc(C=CC(=O)NS(C)(=O)=O)ccc1OC(C)C. The van der Waals surface area contributed by atoms with Gasteiger partial charge in [-0.25, -0.2) is 13.1 Å². The lowest BCUT2D eigenvalue weighted by molar-refractivity contribution is -0.114. The van der Waals surface area contributed by atoms with Crippen LogP contribution in [0.15, 0.2) is 24.3 Å². The fourth-order valence-electron chi connectivity index (χ4n) is 1.53. The van der Waals surface area contributed by atoms with Gasteiger partial charge in [-0.2, -0.15) is 0 Å². The van der Waals surface area contributed by atoms with E-state index in [9.17, 15) is 13.2 Å². The van der Waals surface area contributed by atoms with E-state index in [0.717, 1.165) is 12.3 Å². The molecule has 0 aliphatic rings. The summed E-state index contributed by atoms with van der Waals surface area (Å²) in [5, 5.41) is 0. The average Bonchev–Trinajstić information content (AvgIpc) is 2.34. The van der Waals surface area contributed by atoms with Crippen LogP contribution in [0.2, 0.25) is 0 Å². The Morgan fingerprint density at radius 2 is 1.95 bits per heavy atom. The summed E-state index contributed by atoms with van der Waals surface area (Å²) in [5.74, 6) is 0.429. The van der Waals surface area contributed by atoms with Crippen molar-refractivity contribution in [2.75, 3.05) is 13.4 Å². The number of hydrogen-bond acceptors (Lipinski definition) is 5. The standard InChI is InChI=1S/C14H19NO5S/c1-10(2)20-12-7-5-11(9-13(12)19-3)6-8-14(16)15-21(4,17)18/h5-10H,1-4H3,(H,15,16). The van der Waals surface area contributed by atoms with Crippen LogP contribution in [0.4, 0.5) is 0 Å². The minimum atomic E-state index is -3.56. The first-order valence-corrected chi connectivity index (χ1v) is 8.15. The minimum Gasteiger partial charge on any atom is -0.493 e. The van der Waals surface area contributed by atoms with Crippen LogP contribution in [0, 0.1) is 0 Å². The van der Waals surface area contributed by atoms with Gasteiger partial charge in [-0.3, -0.25) is 4.79 Å². The normalized spacial score (nSPS) is 11.7. The maximum absolute atomic E-state index is 11.4. The topological polar surface area (TPSA) is 81.7 Å². The van der Waals surface area contributed by atoms with Crippen molar-refractivity contribution in [2.45, 2.75) is 20.0 Å². The van der Waals surface area contributed by atoms with Gasteiger partial charge in [0.15, 0.2) is 11.5 Å². The highest BCUT2D eigenvalue weighted by atomic mass is 32.2. The fraction of sp³-hybridized carbons (Fsp3) is 0.357. The second kappa shape index (κ2) is 7.12. The van der Waals surface area contributed by atoms with Crippen LogP contribution < -0.4 is 14.2 Å². The van der Waals surface area contributed by atoms with Crippen molar-refractivity contribution in [1.82, 2.24) is 4.72 Å². The predicted octanol–water partition coefficient (Wildman–Crippen LogP) is 1.57. The lowest BCUT2D eigenvalue weighted by Crippen LogP contribution is -2.27. The van der Waals surface area contributed by atoms with Gasteiger partial charge < -0.3 is 9.47 Å². The van der Waals surface area contributed by atoms with E-state index >= 15 is 0 Å². The molecule has 1 rings (SSSR count). The molecule has 0 saturated carbocycles. The molecule has 1 aromatic rings. The third-order valence-corrected chi connectivity index (χ3v) is 2.84. The Kier molecular flexibility index (Phi) is 5.78. The van der Waals surface area contributed by atoms with Crippen molar-refractivity contribution < 1.29 is 22.7 Å². The molecular weight excluding hydrogens is 294 g/mol. The molecule has 0 fully saturated rings. The Hall–Kier alpha value is -2.02. The number of methoxy groups -OCH3 is 1. The summed E-state index contributed by atoms with van der Waals surface area (Å²) in [7, 11) is -2.04. The van der Waals surface area contributed by atoms with Crippen LogP contribution in [-0.2, 0) is 14.8 Å². The van der Waals surface area contributed by atoms with Crippen LogP contribution in [0.25, 0.3) is 6.08 Å². The Labute approximate surface area is 124 Å². The maximum Gasteiger partial charge on any atom is 0.257 e. The van der Waals surface area contributed by atoms with E-state index in [1.54, 1.807) is 18.2 Å². The lowest BCUT2D eigenvalue weighted by Gasteiger charge is -2.13. The average molecular weight is 313 g/mol. The van der Waals surface area contributed by atoms with Gasteiger partial charge in [0.2, 0.25) is 10.0 Å². The Morgan fingerprint density at radius 1 is 1.29 bits per heavy atom. The summed E-state index contributed by atoms with van der Waals surface area (Å²) in [6.07, 6.45) is 3.56. The molecule has 0 aliphatic heterocycles.